The van der Waals surface area contributed by atoms with Crippen molar-refractivity contribution in [1.29, 1.82) is 0 Å². The number of rotatable bonds is 6. The molecule has 170 valence electrons. The van der Waals surface area contributed by atoms with Crippen LogP contribution < -0.4 is 14.8 Å². The first-order valence-corrected chi connectivity index (χ1v) is 10.1. The molecule has 0 amide bonds. The molecule has 3 rings (SSSR count). The highest BCUT2D eigenvalue weighted by atomic mass is 32.2. The number of aliphatic hydroxyl groups excluding tert-OH is 1. The second-order valence-corrected chi connectivity index (χ2v) is 8.05. The van der Waals surface area contributed by atoms with Crippen LogP contribution in [0.1, 0.15) is 16.1 Å². The van der Waals surface area contributed by atoms with Crippen LogP contribution in [0.2, 0.25) is 0 Å². The van der Waals surface area contributed by atoms with E-state index in [2.05, 4.69) is 15.3 Å². The van der Waals surface area contributed by atoms with E-state index in [0.29, 0.717) is 12.3 Å². The molecule has 31 heavy (non-hydrogen) atoms. The second kappa shape index (κ2) is 8.90. The summed E-state index contributed by atoms with van der Waals surface area (Å²) < 4.78 is 111. The van der Waals surface area contributed by atoms with Gasteiger partial charge in [-0.1, -0.05) is 0 Å². The molecule has 1 aromatic carbocycles. The lowest BCUT2D eigenvalue weighted by atomic mass is 10.1. The summed E-state index contributed by atoms with van der Waals surface area (Å²) in [5.74, 6) is -2.60. The number of alkyl halides is 3. The number of ether oxygens (including phenoxy) is 2. The fraction of sp³-hybridized carbons (Fsp3) is 0.412. The summed E-state index contributed by atoms with van der Waals surface area (Å²) in [6, 6.07) is 2.29. The first-order chi connectivity index (χ1) is 15.7. The lowest BCUT2D eigenvalue weighted by molar-refractivity contribution is -0.141. The summed E-state index contributed by atoms with van der Waals surface area (Å²) in [6.45, 7) is -3.04. The molecule has 1 aliphatic heterocycles. The zero-order valence-corrected chi connectivity index (χ0v) is 16.3. The van der Waals surface area contributed by atoms with Gasteiger partial charge in [0.05, 0.1) is 23.8 Å². The number of hydrogen-bond acceptors (Lipinski definition) is 8. The standard InChI is InChI=1S/C17H18F4N4O5S/c1-22-31(27,28)9-2-3-12(11(18)6-9)24-16-23-7-10(17(19,20)21)15(25-16)30-14-4-5-29-8-13(14)26/h2-3,6-7,13-14,22,26H,4-5,8H2,1H3,(H,23,24,25)/t13-,14+/m1/s1/i1D3. The zero-order chi connectivity index (χ0) is 25.3. The number of sulfonamides is 1. The highest BCUT2D eigenvalue weighted by molar-refractivity contribution is 7.89. The van der Waals surface area contributed by atoms with Gasteiger partial charge < -0.3 is 19.9 Å². The van der Waals surface area contributed by atoms with Gasteiger partial charge in [0, 0.05) is 16.7 Å². The summed E-state index contributed by atoms with van der Waals surface area (Å²) in [7, 11) is -4.57. The van der Waals surface area contributed by atoms with Gasteiger partial charge in [0.15, 0.2) is 0 Å². The van der Waals surface area contributed by atoms with E-state index in [1.807, 2.05) is 0 Å². The first kappa shape index (κ1) is 19.2. The van der Waals surface area contributed by atoms with Gasteiger partial charge in [-0.05, 0) is 25.2 Å². The first-order valence-electron chi connectivity index (χ1n) is 10.1. The van der Waals surface area contributed by atoms with Crippen molar-refractivity contribution in [3.8, 4) is 5.88 Å². The Morgan fingerprint density at radius 2 is 2.16 bits per heavy atom. The Morgan fingerprint density at radius 1 is 1.39 bits per heavy atom. The van der Waals surface area contributed by atoms with E-state index >= 15 is 0 Å². The SMILES string of the molecule is [2H]C([2H])([2H])NS(=O)(=O)c1ccc(Nc2ncc(C(F)(F)F)c(O[C@H]3CCOC[C@H]3O)n2)c(F)c1. The lowest BCUT2D eigenvalue weighted by Gasteiger charge is -2.28. The molecule has 9 nitrogen and oxygen atoms in total. The minimum absolute atomic E-state index is 0.0973. The molecule has 14 heteroatoms. The largest absolute Gasteiger partial charge is 0.471 e. The van der Waals surface area contributed by atoms with Crippen molar-refractivity contribution >= 4 is 21.7 Å². The summed E-state index contributed by atoms with van der Waals surface area (Å²) in [5.41, 5.74) is -1.74. The van der Waals surface area contributed by atoms with Gasteiger partial charge in [-0.3, -0.25) is 0 Å². The van der Waals surface area contributed by atoms with E-state index in [0.717, 1.165) is 12.1 Å². The molecular formula is C17H18F4N4O5S. The molecule has 1 fully saturated rings. The van der Waals surface area contributed by atoms with Gasteiger partial charge >= 0.3 is 6.18 Å². The number of hydrogen-bond donors (Lipinski definition) is 3. The number of nitrogens with one attached hydrogen (secondary N) is 2. The molecule has 3 N–H and O–H groups in total. The van der Waals surface area contributed by atoms with Crippen LogP contribution in [-0.4, -0.2) is 55.9 Å². The van der Waals surface area contributed by atoms with Gasteiger partial charge in [-0.25, -0.2) is 22.5 Å². The minimum atomic E-state index is -4.89. The van der Waals surface area contributed by atoms with E-state index in [1.165, 1.54) is 4.72 Å². The third-order valence-electron chi connectivity index (χ3n) is 4.22. The van der Waals surface area contributed by atoms with Crippen molar-refractivity contribution in [3.63, 3.8) is 0 Å². The van der Waals surface area contributed by atoms with Crippen molar-refractivity contribution in [2.45, 2.75) is 29.7 Å². The smallest absolute Gasteiger partial charge is 0.423 e. The Balaban J connectivity index is 1.88. The average Bonchev–Trinajstić information content (AvgIpc) is 2.69. The average molecular weight is 469 g/mol. The summed E-state index contributed by atoms with van der Waals surface area (Å²) >= 11 is 0. The Hall–Kier alpha value is -2.55. The van der Waals surface area contributed by atoms with Crippen molar-refractivity contribution < 1.29 is 44.7 Å². The molecule has 2 aromatic rings. The van der Waals surface area contributed by atoms with Gasteiger partial charge in [0.2, 0.25) is 21.9 Å². The number of nitrogens with zero attached hydrogens (tertiary/aromatic N) is 2. The minimum Gasteiger partial charge on any atom is -0.471 e. The Kier molecular flexibility index (Phi) is 5.50. The molecule has 0 aliphatic carbocycles. The van der Waals surface area contributed by atoms with Crippen LogP contribution in [-0.2, 0) is 20.9 Å². The molecule has 1 aromatic heterocycles. The molecule has 0 saturated carbocycles. The molecule has 0 spiro atoms. The summed E-state index contributed by atoms with van der Waals surface area (Å²) in [4.78, 5) is 6.43. The molecular weight excluding hydrogens is 448 g/mol. The molecule has 0 unspecified atom stereocenters. The number of aromatic nitrogens is 2. The number of anilines is 2. The van der Waals surface area contributed by atoms with Gasteiger partial charge in [-0.15, -0.1) is 0 Å². The maximum Gasteiger partial charge on any atom is 0.423 e. The highest BCUT2D eigenvalue weighted by Crippen LogP contribution is 2.36. The fourth-order valence-corrected chi connectivity index (χ4v) is 3.26. The van der Waals surface area contributed by atoms with E-state index in [4.69, 9.17) is 13.6 Å². The van der Waals surface area contributed by atoms with E-state index in [-0.39, 0.29) is 19.6 Å². The molecule has 2 atom stereocenters. The van der Waals surface area contributed by atoms with Crippen LogP contribution in [0.5, 0.6) is 5.88 Å². The van der Waals surface area contributed by atoms with E-state index < -0.39 is 69.2 Å². The Bertz CT molecular complexity index is 1150. The van der Waals surface area contributed by atoms with E-state index in [1.54, 1.807) is 0 Å². The fourth-order valence-electron chi connectivity index (χ4n) is 2.64. The molecule has 1 aliphatic rings. The van der Waals surface area contributed by atoms with Gasteiger partial charge in [-0.2, -0.15) is 18.2 Å². The summed E-state index contributed by atoms with van der Waals surface area (Å²) in [6.07, 6.45) is -6.62. The monoisotopic (exact) mass is 469 g/mol. The summed E-state index contributed by atoms with van der Waals surface area (Å²) in [5, 5.41) is 12.2. The lowest BCUT2D eigenvalue weighted by Crippen LogP contribution is -2.41. The number of aliphatic hydroxyl groups is 1. The third-order valence-corrected chi connectivity index (χ3v) is 5.36. The maximum absolute atomic E-state index is 14.5. The molecule has 2 heterocycles. The van der Waals surface area contributed by atoms with Gasteiger partial charge in [0.1, 0.15) is 23.6 Å². The topological polar surface area (TPSA) is 123 Å². The second-order valence-electron chi connectivity index (χ2n) is 6.37. The maximum atomic E-state index is 14.5. The van der Waals surface area contributed by atoms with Gasteiger partial charge in [0.25, 0.3) is 0 Å². The number of halogens is 4. The Labute approximate surface area is 178 Å². The van der Waals surface area contributed by atoms with Crippen LogP contribution >= 0.6 is 0 Å². The zero-order valence-electron chi connectivity index (χ0n) is 18.5. The van der Waals surface area contributed by atoms with Crippen molar-refractivity contribution in [2.75, 3.05) is 25.5 Å². The third kappa shape index (κ3) is 5.39. The molecule has 0 bridgehead atoms. The Morgan fingerprint density at radius 3 is 2.81 bits per heavy atom. The van der Waals surface area contributed by atoms with Crippen molar-refractivity contribution in [2.24, 2.45) is 0 Å². The predicted octanol–water partition coefficient (Wildman–Crippen LogP) is 1.81. The van der Waals surface area contributed by atoms with Crippen LogP contribution in [0.15, 0.2) is 29.3 Å². The normalized spacial score (nSPS) is 21.6. The van der Waals surface area contributed by atoms with Crippen LogP contribution in [0.3, 0.4) is 0 Å². The predicted molar refractivity (Wildman–Crippen MR) is 98.8 cm³/mol. The molecule has 0 radical (unpaired) electrons. The van der Waals surface area contributed by atoms with Crippen molar-refractivity contribution in [1.82, 2.24) is 14.7 Å². The molecule has 1 saturated heterocycles. The van der Waals surface area contributed by atoms with Crippen molar-refractivity contribution in [3.05, 3.63) is 35.8 Å². The number of benzene rings is 1. The highest BCUT2D eigenvalue weighted by Gasteiger charge is 2.38. The van der Waals surface area contributed by atoms with Crippen LogP contribution in [0.4, 0.5) is 29.2 Å². The quantitative estimate of drug-likeness (QED) is 0.548. The van der Waals surface area contributed by atoms with Crippen LogP contribution in [0.25, 0.3) is 0 Å². The van der Waals surface area contributed by atoms with Crippen LogP contribution in [0, 0.1) is 5.82 Å². The van der Waals surface area contributed by atoms with E-state index in [9.17, 15) is 31.1 Å².